The smallest absolute Gasteiger partial charge is 0.256 e. The quantitative estimate of drug-likeness (QED) is 0.685. The van der Waals surface area contributed by atoms with Crippen LogP contribution in [0.1, 0.15) is 20.7 Å². The molecule has 1 fully saturated rings. The maximum atomic E-state index is 13.4. The number of halogens is 2. The Morgan fingerprint density at radius 3 is 2.21 bits per heavy atom. The van der Waals surface area contributed by atoms with Crippen LogP contribution < -0.4 is 0 Å². The van der Waals surface area contributed by atoms with Crippen molar-refractivity contribution in [3.05, 3.63) is 77.5 Å². The van der Waals surface area contributed by atoms with E-state index in [4.69, 9.17) is 0 Å². The van der Waals surface area contributed by atoms with Gasteiger partial charge in [-0.2, -0.15) is 0 Å². The molecule has 0 bridgehead atoms. The van der Waals surface area contributed by atoms with Crippen LogP contribution in [0.4, 0.5) is 8.78 Å². The fourth-order valence-corrected chi connectivity index (χ4v) is 3.37. The van der Waals surface area contributed by atoms with Gasteiger partial charge in [-0.05, 0) is 30.3 Å². The monoisotopic (exact) mass is 381 g/mol. The molecule has 3 aromatic rings. The standard InChI is InChI=1S/C21H17F2N3O2/c22-17-7-6-15(13-18(17)23)20(27)25-9-11-26(12-10-25)21(28)16-5-1-3-14-4-2-8-24-19(14)16/h1-8,13H,9-12H2. The molecule has 0 aliphatic carbocycles. The second kappa shape index (κ2) is 7.34. The molecule has 1 aromatic heterocycles. The summed E-state index contributed by atoms with van der Waals surface area (Å²) in [6.45, 7) is 1.36. The molecule has 4 rings (SSSR count). The molecule has 2 aromatic carbocycles. The molecule has 0 atom stereocenters. The van der Waals surface area contributed by atoms with Crippen molar-refractivity contribution in [2.75, 3.05) is 26.2 Å². The molecular formula is C21H17F2N3O2. The number of nitrogens with zero attached hydrogens (tertiary/aromatic N) is 3. The van der Waals surface area contributed by atoms with Gasteiger partial charge in [-0.3, -0.25) is 14.6 Å². The van der Waals surface area contributed by atoms with E-state index in [1.165, 1.54) is 11.0 Å². The number of para-hydroxylation sites is 1. The van der Waals surface area contributed by atoms with Crippen LogP contribution in [-0.2, 0) is 0 Å². The van der Waals surface area contributed by atoms with Crippen molar-refractivity contribution in [1.29, 1.82) is 0 Å². The average Bonchev–Trinajstić information content (AvgIpc) is 2.74. The van der Waals surface area contributed by atoms with Gasteiger partial charge in [-0.15, -0.1) is 0 Å². The number of hydrogen-bond acceptors (Lipinski definition) is 3. The Labute approximate surface area is 160 Å². The van der Waals surface area contributed by atoms with Crippen LogP contribution in [0, 0.1) is 11.6 Å². The zero-order chi connectivity index (χ0) is 19.7. The first-order chi connectivity index (χ1) is 13.5. The molecule has 28 heavy (non-hydrogen) atoms. The number of rotatable bonds is 2. The summed E-state index contributed by atoms with van der Waals surface area (Å²) in [6.07, 6.45) is 1.65. The first-order valence-corrected chi connectivity index (χ1v) is 8.92. The van der Waals surface area contributed by atoms with E-state index in [9.17, 15) is 18.4 Å². The van der Waals surface area contributed by atoms with Crippen LogP contribution in [0.3, 0.4) is 0 Å². The summed E-state index contributed by atoms with van der Waals surface area (Å²) in [5.41, 5.74) is 1.27. The predicted octanol–water partition coefficient (Wildman–Crippen LogP) is 3.11. The molecular weight excluding hydrogens is 364 g/mol. The van der Waals surface area contributed by atoms with Crippen LogP contribution >= 0.6 is 0 Å². The topological polar surface area (TPSA) is 53.5 Å². The van der Waals surface area contributed by atoms with E-state index in [0.717, 1.165) is 17.5 Å². The third kappa shape index (κ3) is 3.31. The minimum Gasteiger partial charge on any atom is -0.335 e. The molecule has 2 heterocycles. The minimum atomic E-state index is -1.05. The summed E-state index contributed by atoms with van der Waals surface area (Å²) in [5, 5.41) is 0.889. The van der Waals surface area contributed by atoms with E-state index in [2.05, 4.69) is 4.98 Å². The van der Waals surface area contributed by atoms with E-state index in [1.54, 1.807) is 17.2 Å². The van der Waals surface area contributed by atoms with Gasteiger partial charge < -0.3 is 9.80 Å². The lowest BCUT2D eigenvalue weighted by molar-refractivity contribution is 0.0536. The SMILES string of the molecule is O=C(c1ccc(F)c(F)c1)N1CCN(C(=O)c2cccc3cccnc23)CC1. The van der Waals surface area contributed by atoms with Gasteiger partial charge in [0, 0.05) is 43.3 Å². The van der Waals surface area contributed by atoms with Gasteiger partial charge in [0.25, 0.3) is 11.8 Å². The molecule has 2 amide bonds. The van der Waals surface area contributed by atoms with Gasteiger partial charge in [0.15, 0.2) is 11.6 Å². The van der Waals surface area contributed by atoms with Crippen molar-refractivity contribution in [3.8, 4) is 0 Å². The number of pyridine rings is 1. The Balaban J connectivity index is 1.47. The number of amides is 2. The van der Waals surface area contributed by atoms with Crippen molar-refractivity contribution >= 4 is 22.7 Å². The largest absolute Gasteiger partial charge is 0.335 e. The van der Waals surface area contributed by atoms with Gasteiger partial charge in [0.1, 0.15) is 0 Å². The lowest BCUT2D eigenvalue weighted by atomic mass is 10.1. The van der Waals surface area contributed by atoms with Crippen molar-refractivity contribution in [1.82, 2.24) is 14.8 Å². The summed E-state index contributed by atoms with van der Waals surface area (Å²) >= 11 is 0. The fraction of sp³-hybridized carbons (Fsp3) is 0.190. The second-order valence-corrected chi connectivity index (χ2v) is 6.59. The molecule has 1 saturated heterocycles. The van der Waals surface area contributed by atoms with E-state index in [-0.39, 0.29) is 17.4 Å². The van der Waals surface area contributed by atoms with Crippen LogP contribution in [-0.4, -0.2) is 52.8 Å². The number of carbonyl (C=O) groups excluding carboxylic acids is 2. The molecule has 5 nitrogen and oxygen atoms in total. The summed E-state index contributed by atoms with van der Waals surface area (Å²) in [5.74, 6) is -2.55. The highest BCUT2D eigenvalue weighted by Crippen LogP contribution is 2.19. The summed E-state index contributed by atoms with van der Waals surface area (Å²) in [4.78, 5) is 33.0. The second-order valence-electron chi connectivity index (χ2n) is 6.59. The van der Waals surface area contributed by atoms with Gasteiger partial charge in [-0.25, -0.2) is 8.78 Å². The third-order valence-corrected chi connectivity index (χ3v) is 4.88. The Kier molecular flexibility index (Phi) is 4.73. The molecule has 1 aliphatic rings. The van der Waals surface area contributed by atoms with Gasteiger partial charge in [0.2, 0.25) is 0 Å². The van der Waals surface area contributed by atoms with E-state index in [1.807, 2.05) is 24.3 Å². The number of hydrogen-bond donors (Lipinski definition) is 0. The lowest BCUT2D eigenvalue weighted by Gasteiger charge is -2.35. The van der Waals surface area contributed by atoms with Crippen molar-refractivity contribution in [2.45, 2.75) is 0 Å². The molecule has 142 valence electrons. The highest BCUT2D eigenvalue weighted by Gasteiger charge is 2.26. The molecule has 0 unspecified atom stereocenters. The molecule has 7 heteroatoms. The van der Waals surface area contributed by atoms with Crippen LogP contribution in [0.5, 0.6) is 0 Å². The van der Waals surface area contributed by atoms with Gasteiger partial charge in [0.05, 0.1) is 11.1 Å². The summed E-state index contributed by atoms with van der Waals surface area (Å²) < 4.78 is 26.5. The third-order valence-electron chi connectivity index (χ3n) is 4.88. The number of piperazine rings is 1. The Hall–Kier alpha value is -3.35. The Morgan fingerprint density at radius 1 is 0.821 bits per heavy atom. The van der Waals surface area contributed by atoms with E-state index in [0.29, 0.717) is 37.3 Å². The summed E-state index contributed by atoms with van der Waals surface area (Å²) in [7, 11) is 0. The van der Waals surface area contributed by atoms with E-state index < -0.39 is 11.6 Å². The van der Waals surface area contributed by atoms with Crippen LogP contribution in [0.25, 0.3) is 10.9 Å². The highest BCUT2D eigenvalue weighted by atomic mass is 19.2. The van der Waals surface area contributed by atoms with E-state index >= 15 is 0 Å². The zero-order valence-corrected chi connectivity index (χ0v) is 14.9. The average molecular weight is 381 g/mol. The normalized spacial score (nSPS) is 14.4. The number of carbonyl (C=O) groups is 2. The van der Waals surface area contributed by atoms with Crippen LogP contribution in [0.2, 0.25) is 0 Å². The van der Waals surface area contributed by atoms with Crippen molar-refractivity contribution < 1.29 is 18.4 Å². The number of benzene rings is 2. The minimum absolute atomic E-state index is 0.0944. The van der Waals surface area contributed by atoms with Crippen LogP contribution in [0.15, 0.2) is 54.7 Å². The van der Waals surface area contributed by atoms with Gasteiger partial charge in [-0.1, -0.05) is 18.2 Å². The summed E-state index contributed by atoms with van der Waals surface area (Å²) in [6, 6.07) is 12.3. The van der Waals surface area contributed by atoms with Gasteiger partial charge >= 0.3 is 0 Å². The molecule has 0 saturated carbocycles. The maximum Gasteiger partial charge on any atom is 0.256 e. The van der Waals surface area contributed by atoms with Crippen molar-refractivity contribution in [2.24, 2.45) is 0 Å². The first kappa shape index (κ1) is 18.0. The lowest BCUT2D eigenvalue weighted by Crippen LogP contribution is -2.50. The fourth-order valence-electron chi connectivity index (χ4n) is 3.37. The molecule has 0 N–H and O–H groups in total. The Morgan fingerprint density at radius 2 is 1.50 bits per heavy atom. The first-order valence-electron chi connectivity index (χ1n) is 8.92. The molecule has 1 aliphatic heterocycles. The predicted molar refractivity (Wildman–Crippen MR) is 99.9 cm³/mol. The van der Waals surface area contributed by atoms with Crippen molar-refractivity contribution in [3.63, 3.8) is 0 Å². The zero-order valence-electron chi connectivity index (χ0n) is 14.9. The molecule has 0 radical (unpaired) electrons. The highest BCUT2D eigenvalue weighted by molar-refractivity contribution is 6.05. The Bertz CT molecular complexity index is 1060. The molecule has 0 spiro atoms. The number of fused-ring (bicyclic) bond motifs is 1. The maximum absolute atomic E-state index is 13.4. The number of aromatic nitrogens is 1.